The molecule has 21 heavy (non-hydrogen) atoms. The van der Waals surface area contributed by atoms with Crippen LogP contribution < -0.4 is 15.4 Å². The summed E-state index contributed by atoms with van der Waals surface area (Å²) < 4.78 is 5.46. The Hall–Kier alpha value is -1.71. The van der Waals surface area contributed by atoms with Crippen molar-refractivity contribution < 1.29 is 9.53 Å². The lowest BCUT2D eigenvalue weighted by molar-refractivity contribution is 0.238. The number of urea groups is 1. The highest BCUT2D eigenvalue weighted by molar-refractivity contribution is 5.74. The van der Waals surface area contributed by atoms with Gasteiger partial charge in [-0.25, -0.2) is 4.79 Å². The smallest absolute Gasteiger partial charge is 0.315 e. The van der Waals surface area contributed by atoms with Crippen LogP contribution in [-0.2, 0) is 0 Å². The number of hydrogen-bond acceptors (Lipinski definition) is 2. The zero-order valence-electron chi connectivity index (χ0n) is 14.0. The van der Waals surface area contributed by atoms with Gasteiger partial charge in [0.2, 0.25) is 0 Å². The number of nitrogens with one attached hydrogen (secondary N) is 2. The summed E-state index contributed by atoms with van der Waals surface area (Å²) in [5.41, 5.74) is 3.42. The standard InChI is InChI=1S/C17H28N2O2/c1-7-8-18-17(20)19-13(5)15-10-14(11(2)3)16(21-6)9-12(15)4/h9-11,13H,7-8H2,1-6H3,(H2,18,19,20). The largest absolute Gasteiger partial charge is 0.496 e. The number of amides is 2. The van der Waals surface area contributed by atoms with Crippen molar-refractivity contribution in [1.29, 1.82) is 0 Å². The molecule has 0 radical (unpaired) electrons. The molecule has 0 saturated heterocycles. The van der Waals surface area contributed by atoms with E-state index < -0.39 is 0 Å². The van der Waals surface area contributed by atoms with E-state index in [1.54, 1.807) is 7.11 Å². The van der Waals surface area contributed by atoms with Gasteiger partial charge in [0.15, 0.2) is 0 Å². The van der Waals surface area contributed by atoms with Gasteiger partial charge in [-0.2, -0.15) is 0 Å². The zero-order valence-corrected chi connectivity index (χ0v) is 14.0. The van der Waals surface area contributed by atoms with Gasteiger partial charge >= 0.3 is 6.03 Å². The number of carbonyl (C=O) groups is 1. The first kappa shape index (κ1) is 17.3. The summed E-state index contributed by atoms with van der Waals surface area (Å²) in [6, 6.07) is 4.03. The maximum atomic E-state index is 11.8. The maximum absolute atomic E-state index is 11.8. The Morgan fingerprint density at radius 3 is 2.43 bits per heavy atom. The molecule has 2 N–H and O–H groups in total. The fourth-order valence-electron chi connectivity index (χ4n) is 2.37. The summed E-state index contributed by atoms with van der Waals surface area (Å²) in [6.45, 7) is 11.1. The lowest BCUT2D eigenvalue weighted by Gasteiger charge is -2.21. The average Bonchev–Trinajstić information content (AvgIpc) is 2.43. The summed E-state index contributed by atoms with van der Waals surface area (Å²) >= 11 is 0. The van der Waals surface area contributed by atoms with Crippen LogP contribution in [0.3, 0.4) is 0 Å². The number of benzene rings is 1. The number of aryl methyl sites for hydroxylation is 1. The molecule has 0 fully saturated rings. The van der Waals surface area contributed by atoms with Crippen LogP contribution in [0.15, 0.2) is 12.1 Å². The molecule has 0 aliphatic carbocycles. The van der Waals surface area contributed by atoms with Gasteiger partial charge < -0.3 is 15.4 Å². The van der Waals surface area contributed by atoms with Crippen molar-refractivity contribution in [3.05, 3.63) is 28.8 Å². The van der Waals surface area contributed by atoms with E-state index in [-0.39, 0.29) is 12.1 Å². The minimum absolute atomic E-state index is 0.0368. The van der Waals surface area contributed by atoms with E-state index in [4.69, 9.17) is 4.74 Å². The van der Waals surface area contributed by atoms with E-state index in [0.717, 1.165) is 23.3 Å². The second-order valence-corrected chi connectivity index (χ2v) is 5.73. The molecule has 1 aromatic carbocycles. The van der Waals surface area contributed by atoms with Crippen LogP contribution in [-0.4, -0.2) is 19.7 Å². The molecule has 0 saturated carbocycles. The Morgan fingerprint density at radius 2 is 1.90 bits per heavy atom. The van der Waals surface area contributed by atoms with Gasteiger partial charge in [-0.05, 0) is 55.0 Å². The van der Waals surface area contributed by atoms with E-state index in [0.29, 0.717) is 12.5 Å². The predicted octanol–water partition coefficient (Wildman–Crippen LogP) is 3.90. The molecule has 118 valence electrons. The number of methoxy groups -OCH3 is 1. The van der Waals surface area contributed by atoms with Gasteiger partial charge in [0.1, 0.15) is 5.75 Å². The molecule has 0 spiro atoms. The first-order valence-electron chi connectivity index (χ1n) is 7.63. The third-order valence-corrected chi connectivity index (χ3v) is 3.59. The Balaban J connectivity index is 2.96. The van der Waals surface area contributed by atoms with Crippen molar-refractivity contribution in [2.24, 2.45) is 0 Å². The van der Waals surface area contributed by atoms with Crippen LogP contribution in [0.5, 0.6) is 5.75 Å². The molecular formula is C17H28N2O2. The molecule has 2 amide bonds. The molecule has 0 aliphatic heterocycles. The van der Waals surface area contributed by atoms with E-state index in [9.17, 15) is 4.79 Å². The van der Waals surface area contributed by atoms with Gasteiger partial charge in [0.25, 0.3) is 0 Å². The molecule has 4 heteroatoms. The third kappa shape index (κ3) is 4.66. The summed E-state index contributed by atoms with van der Waals surface area (Å²) in [7, 11) is 1.69. The molecule has 0 bridgehead atoms. The van der Waals surface area contributed by atoms with E-state index >= 15 is 0 Å². The minimum Gasteiger partial charge on any atom is -0.496 e. The quantitative estimate of drug-likeness (QED) is 0.835. The van der Waals surface area contributed by atoms with Crippen LogP contribution >= 0.6 is 0 Å². The molecule has 1 rings (SSSR count). The Bertz CT molecular complexity index is 484. The highest BCUT2D eigenvalue weighted by atomic mass is 16.5. The Kier molecular flexibility index (Phi) is 6.53. The Labute approximate surface area is 128 Å². The molecule has 1 unspecified atom stereocenters. The van der Waals surface area contributed by atoms with E-state index in [1.807, 2.05) is 26.8 Å². The maximum Gasteiger partial charge on any atom is 0.315 e. The summed E-state index contributed by atoms with van der Waals surface area (Å²) in [4.78, 5) is 11.8. The molecule has 4 nitrogen and oxygen atoms in total. The van der Waals surface area contributed by atoms with Gasteiger partial charge in [0, 0.05) is 6.54 Å². The first-order valence-corrected chi connectivity index (χ1v) is 7.63. The van der Waals surface area contributed by atoms with Crippen LogP contribution in [0.4, 0.5) is 4.79 Å². The van der Waals surface area contributed by atoms with Crippen molar-refractivity contribution in [2.45, 2.75) is 53.0 Å². The van der Waals surface area contributed by atoms with Crippen LogP contribution in [0, 0.1) is 6.92 Å². The second-order valence-electron chi connectivity index (χ2n) is 5.73. The van der Waals surface area contributed by atoms with E-state index in [2.05, 4.69) is 30.5 Å². The fraction of sp³-hybridized carbons (Fsp3) is 0.588. The first-order chi connectivity index (χ1) is 9.90. The van der Waals surface area contributed by atoms with Crippen LogP contribution in [0.1, 0.15) is 62.8 Å². The van der Waals surface area contributed by atoms with Gasteiger partial charge in [-0.15, -0.1) is 0 Å². The summed E-state index contributed by atoms with van der Waals surface area (Å²) in [5, 5.41) is 5.82. The highest BCUT2D eigenvalue weighted by Crippen LogP contribution is 2.31. The number of ether oxygens (including phenoxy) is 1. The summed E-state index contributed by atoms with van der Waals surface area (Å²) in [5.74, 6) is 1.29. The topological polar surface area (TPSA) is 50.4 Å². The molecule has 0 heterocycles. The predicted molar refractivity (Wildman–Crippen MR) is 87.1 cm³/mol. The van der Waals surface area contributed by atoms with Crippen molar-refractivity contribution >= 4 is 6.03 Å². The number of hydrogen-bond donors (Lipinski definition) is 2. The van der Waals surface area contributed by atoms with Gasteiger partial charge in [-0.3, -0.25) is 0 Å². The van der Waals surface area contributed by atoms with Crippen LogP contribution in [0.2, 0.25) is 0 Å². The summed E-state index contributed by atoms with van der Waals surface area (Å²) in [6.07, 6.45) is 0.931. The lowest BCUT2D eigenvalue weighted by atomic mass is 9.93. The molecule has 0 aromatic heterocycles. The third-order valence-electron chi connectivity index (χ3n) is 3.59. The van der Waals surface area contributed by atoms with Crippen LogP contribution in [0.25, 0.3) is 0 Å². The van der Waals surface area contributed by atoms with Crippen molar-refractivity contribution in [3.8, 4) is 5.75 Å². The molecule has 1 atom stereocenters. The number of carbonyl (C=O) groups excluding carboxylic acids is 1. The SMILES string of the molecule is CCCNC(=O)NC(C)c1cc(C(C)C)c(OC)cc1C. The Morgan fingerprint density at radius 1 is 1.24 bits per heavy atom. The highest BCUT2D eigenvalue weighted by Gasteiger charge is 2.16. The zero-order chi connectivity index (χ0) is 16.0. The minimum atomic E-state index is -0.120. The molecule has 0 aliphatic rings. The van der Waals surface area contributed by atoms with Crippen molar-refractivity contribution in [3.63, 3.8) is 0 Å². The monoisotopic (exact) mass is 292 g/mol. The normalized spacial score (nSPS) is 12.1. The van der Waals surface area contributed by atoms with E-state index in [1.165, 1.54) is 5.56 Å². The van der Waals surface area contributed by atoms with Gasteiger partial charge in [-0.1, -0.05) is 20.8 Å². The van der Waals surface area contributed by atoms with Crippen molar-refractivity contribution in [1.82, 2.24) is 10.6 Å². The van der Waals surface area contributed by atoms with Gasteiger partial charge in [0.05, 0.1) is 13.2 Å². The molecule has 1 aromatic rings. The molecular weight excluding hydrogens is 264 g/mol. The second kappa shape index (κ2) is 7.91. The fourth-order valence-corrected chi connectivity index (χ4v) is 2.37. The van der Waals surface area contributed by atoms with Crippen molar-refractivity contribution in [2.75, 3.05) is 13.7 Å². The lowest BCUT2D eigenvalue weighted by Crippen LogP contribution is -2.37. The average molecular weight is 292 g/mol. The number of rotatable bonds is 6.